The highest BCUT2D eigenvalue weighted by Crippen LogP contribution is 2.22. The summed E-state index contributed by atoms with van der Waals surface area (Å²) in [5.41, 5.74) is 7.88. The molecule has 0 aliphatic heterocycles. The van der Waals surface area contributed by atoms with Crippen LogP contribution in [0.25, 0.3) is 0 Å². The molecule has 6 heteroatoms. The Morgan fingerprint density at radius 1 is 1.44 bits per heavy atom. The molecule has 18 heavy (non-hydrogen) atoms. The first kappa shape index (κ1) is 12.4. The van der Waals surface area contributed by atoms with Crippen LogP contribution in [0.5, 0.6) is 0 Å². The molecule has 0 saturated carbocycles. The maximum Gasteiger partial charge on any atom is 0.260 e. The molecular weight excluding hydrogens is 254 g/mol. The van der Waals surface area contributed by atoms with Crippen molar-refractivity contribution in [3.05, 3.63) is 40.0 Å². The summed E-state index contributed by atoms with van der Waals surface area (Å²) in [4.78, 5) is 12.0. The number of nitrogen functional groups attached to an aromatic ring is 1. The molecule has 0 atom stereocenters. The maximum absolute atomic E-state index is 12.0. The Balaban J connectivity index is 2.27. The van der Waals surface area contributed by atoms with Crippen molar-refractivity contribution in [3.8, 4) is 0 Å². The fraction of sp³-hybridized carbons (Fsp3) is 0.167. The summed E-state index contributed by atoms with van der Waals surface area (Å²) in [5.74, 6) is -0.0638. The van der Waals surface area contributed by atoms with Crippen LogP contribution in [0.1, 0.15) is 21.6 Å². The molecule has 2 rings (SSSR count). The number of rotatable bonds is 2. The average molecular weight is 266 g/mol. The molecule has 1 aromatic carbocycles. The molecule has 3 N–H and O–H groups in total. The number of nitrogens with one attached hydrogen (secondary N) is 1. The Labute approximate surface area is 109 Å². The van der Waals surface area contributed by atoms with Gasteiger partial charge < -0.3 is 10.3 Å². The van der Waals surface area contributed by atoms with Crippen LogP contribution in [0.15, 0.2) is 22.7 Å². The molecule has 0 aliphatic rings. The topological polar surface area (TPSA) is 81.2 Å². The Morgan fingerprint density at radius 2 is 2.17 bits per heavy atom. The number of carbonyl (C=O) groups is 1. The van der Waals surface area contributed by atoms with Gasteiger partial charge in [-0.3, -0.25) is 10.1 Å². The van der Waals surface area contributed by atoms with Crippen molar-refractivity contribution in [2.75, 3.05) is 11.1 Å². The minimum Gasteiger partial charge on any atom is -0.398 e. The van der Waals surface area contributed by atoms with Crippen molar-refractivity contribution >= 4 is 29.1 Å². The van der Waals surface area contributed by atoms with Crippen LogP contribution in [0.4, 0.5) is 11.6 Å². The van der Waals surface area contributed by atoms with E-state index in [1.807, 2.05) is 6.92 Å². The van der Waals surface area contributed by atoms with E-state index in [0.29, 0.717) is 22.2 Å². The van der Waals surface area contributed by atoms with Crippen LogP contribution in [-0.2, 0) is 0 Å². The Hall–Kier alpha value is -2.01. The van der Waals surface area contributed by atoms with Gasteiger partial charge in [-0.15, -0.1) is 0 Å². The van der Waals surface area contributed by atoms with Gasteiger partial charge in [-0.2, -0.15) is 0 Å². The molecule has 0 fully saturated rings. The molecule has 1 aromatic heterocycles. The van der Waals surface area contributed by atoms with E-state index in [1.54, 1.807) is 19.1 Å². The summed E-state index contributed by atoms with van der Waals surface area (Å²) < 4.78 is 5.00. The van der Waals surface area contributed by atoms with E-state index in [-0.39, 0.29) is 5.91 Å². The molecule has 5 nitrogen and oxygen atoms in total. The van der Waals surface area contributed by atoms with E-state index in [4.69, 9.17) is 21.9 Å². The van der Waals surface area contributed by atoms with Crippen molar-refractivity contribution in [2.24, 2.45) is 0 Å². The summed E-state index contributed by atoms with van der Waals surface area (Å²) >= 11 is 5.83. The number of nitrogens with zero attached hydrogens (tertiary/aromatic N) is 1. The Bertz CT molecular complexity index is 607. The number of hydrogen-bond donors (Lipinski definition) is 2. The quantitative estimate of drug-likeness (QED) is 0.818. The molecule has 0 unspecified atom stereocenters. The molecule has 0 aliphatic carbocycles. The number of aryl methyl sites for hydroxylation is 1. The molecule has 0 spiro atoms. The fourth-order valence-electron chi connectivity index (χ4n) is 1.43. The zero-order chi connectivity index (χ0) is 13.3. The lowest BCUT2D eigenvalue weighted by atomic mass is 10.1. The van der Waals surface area contributed by atoms with Gasteiger partial charge in [0.05, 0.1) is 11.3 Å². The molecule has 94 valence electrons. The first-order chi connectivity index (χ1) is 8.49. The van der Waals surface area contributed by atoms with Crippen molar-refractivity contribution in [2.45, 2.75) is 13.8 Å². The normalized spacial score (nSPS) is 10.4. The minimum absolute atomic E-state index is 0.302. The van der Waals surface area contributed by atoms with Gasteiger partial charge in [-0.25, -0.2) is 0 Å². The average Bonchev–Trinajstić information content (AvgIpc) is 2.64. The lowest BCUT2D eigenvalue weighted by molar-refractivity contribution is 0.102. The zero-order valence-electron chi connectivity index (χ0n) is 9.95. The van der Waals surface area contributed by atoms with Gasteiger partial charge in [-0.05, 0) is 32.0 Å². The van der Waals surface area contributed by atoms with E-state index >= 15 is 0 Å². The zero-order valence-corrected chi connectivity index (χ0v) is 10.7. The summed E-state index contributed by atoms with van der Waals surface area (Å²) in [6, 6.07) is 4.71. The van der Waals surface area contributed by atoms with Crippen molar-refractivity contribution in [3.63, 3.8) is 0 Å². The number of hydrogen-bond acceptors (Lipinski definition) is 4. The van der Waals surface area contributed by atoms with E-state index in [2.05, 4.69) is 10.5 Å². The predicted octanol–water partition coefficient (Wildman–Crippen LogP) is 2.78. The lowest BCUT2D eigenvalue weighted by Gasteiger charge is -2.06. The van der Waals surface area contributed by atoms with Crippen molar-refractivity contribution < 1.29 is 9.32 Å². The lowest BCUT2D eigenvalue weighted by Crippen LogP contribution is -2.14. The highest BCUT2D eigenvalue weighted by molar-refractivity contribution is 6.31. The van der Waals surface area contributed by atoms with E-state index in [0.717, 1.165) is 11.3 Å². The van der Waals surface area contributed by atoms with Gasteiger partial charge in [0.25, 0.3) is 5.91 Å². The standard InChI is InChI=1S/C12H12ClN3O2/c1-6-7(2)16-18-12(6)15-11(17)9-5-8(13)3-4-10(9)14/h3-5H,14H2,1-2H3,(H,15,17). The van der Waals surface area contributed by atoms with Crippen LogP contribution >= 0.6 is 11.6 Å². The maximum atomic E-state index is 12.0. The smallest absolute Gasteiger partial charge is 0.260 e. The number of aromatic nitrogens is 1. The van der Waals surface area contributed by atoms with Crippen LogP contribution in [0.3, 0.4) is 0 Å². The van der Waals surface area contributed by atoms with E-state index in [1.165, 1.54) is 6.07 Å². The second-order valence-corrected chi connectivity index (χ2v) is 4.34. The van der Waals surface area contributed by atoms with Gasteiger partial charge in [0.1, 0.15) is 0 Å². The number of carbonyl (C=O) groups excluding carboxylic acids is 1. The fourth-order valence-corrected chi connectivity index (χ4v) is 1.60. The first-order valence-corrected chi connectivity index (χ1v) is 5.66. The van der Waals surface area contributed by atoms with Crippen molar-refractivity contribution in [1.82, 2.24) is 5.16 Å². The highest BCUT2D eigenvalue weighted by Gasteiger charge is 2.15. The van der Waals surface area contributed by atoms with Crippen LogP contribution in [0.2, 0.25) is 5.02 Å². The number of amides is 1. The number of halogens is 1. The molecule has 2 aromatic rings. The molecule has 1 amide bonds. The minimum atomic E-state index is -0.380. The monoisotopic (exact) mass is 265 g/mol. The molecular formula is C12H12ClN3O2. The Kier molecular flexibility index (Phi) is 3.25. The SMILES string of the molecule is Cc1noc(NC(=O)c2cc(Cl)ccc2N)c1C. The summed E-state index contributed by atoms with van der Waals surface area (Å²) in [7, 11) is 0. The van der Waals surface area contributed by atoms with Crippen LogP contribution in [-0.4, -0.2) is 11.1 Å². The van der Waals surface area contributed by atoms with Gasteiger partial charge in [0.15, 0.2) is 0 Å². The third kappa shape index (κ3) is 2.31. The van der Waals surface area contributed by atoms with E-state index in [9.17, 15) is 4.79 Å². The van der Waals surface area contributed by atoms with Crippen LogP contribution < -0.4 is 11.1 Å². The number of nitrogens with two attached hydrogens (primary N) is 1. The highest BCUT2D eigenvalue weighted by atomic mass is 35.5. The van der Waals surface area contributed by atoms with Crippen molar-refractivity contribution in [1.29, 1.82) is 0 Å². The first-order valence-electron chi connectivity index (χ1n) is 5.28. The van der Waals surface area contributed by atoms with Gasteiger partial charge in [-0.1, -0.05) is 16.8 Å². The third-order valence-corrected chi connectivity index (χ3v) is 2.88. The second-order valence-electron chi connectivity index (χ2n) is 3.91. The predicted molar refractivity (Wildman–Crippen MR) is 69.8 cm³/mol. The summed E-state index contributed by atoms with van der Waals surface area (Å²) in [6.45, 7) is 3.60. The summed E-state index contributed by atoms with van der Waals surface area (Å²) in [6.07, 6.45) is 0. The molecule has 0 bridgehead atoms. The van der Waals surface area contributed by atoms with Gasteiger partial charge >= 0.3 is 0 Å². The molecule has 0 saturated heterocycles. The summed E-state index contributed by atoms with van der Waals surface area (Å²) in [5, 5.41) is 6.81. The number of anilines is 2. The van der Waals surface area contributed by atoms with E-state index < -0.39 is 0 Å². The number of benzene rings is 1. The molecule has 1 heterocycles. The van der Waals surface area contributed by atoms with Crippen LogP contribution in [0, 0.1) is 13.8 Å². The molecule has 0 radical (unpaired) electrons. The Morgan fingerprint density at radius 3 is 2.78 bits per heavy atom. The largest absolute Gasteiger partial charge is 0.398 e. The van der Waals surface area contributed by atoms with Gasteiger partial charge in [0.2, 0.25) is 5.88 Å². The van der Waals surface area contributed by atoms with Gasteiger partial charge in [0, 0.05) is 16.3 Å². The second kappa shape index (κ2) is 4.70. The third-order valence-electron chi connectivity index (χ3n) is 2.64.